The molecule has 2 aliphatic carbocycles. The summed E-state index contributed by atoms with van der Waals surface area (Å²) in [5, 5.41) is 8.72. The van der Waals surface area contributed by atoms with Gasteiger partial charge in [-0.15, -0.1) is 0 Å². The molecule has 64 valence electrons. The third-order valence-corrected chi connectivity index (χ3v) is 3.02. The van der Waals surface area contributed by atoms with E-state index in [2.05, 4.69) is 6.92 Å². The first-order valence-electron chi connectivity index (χ1n) is 4.48. The Labute approximate surface area is 67.6 Å². The number of rotatable bonds is 4. The molecule has 2 rings (SSSR count). The smallest absolute Gasteiger partial charge is 0.0644 e. The third kappa shape index (κ3) is 1.18. The van der Waals surface area contributed by atoms with Crippen LogP contribution in [-0.4, -0.2) is 24.4 Å². The normalized spacial score (nSPS) is 48.3. The summed E-state index contributed by atoms with van der Waals surface area (Å²) in [5.41, 5.74) is 0. The zero-order valence-corrected chi connectivity index (χ0v) is 7.16. The average molecular weight is 156 g/mol. The summed E-state index contributed by atoms with van der Waals surface area (Å²) in [5.74, 6) is 3.02. The lowest BCUT2D eigenvalue weighted by atomic mass is 10.2. The molecule has 3 atom stereocenters. The quantitative estimate of drug-likeness (QED) is 0.655. The van der Waals surface area contributed by atoms with E-state index in [1.54, 1.807) is 0 Å². The van der Waals surface area contributed by atoms with Crippen LogP contribution in [0.5, 0.6) is 0 Å². The zero-order chi connectivity index (χ0) is 8.01. The molecule has 0 aliphatic heterocycles. The lowest BCUT2D eigenvalue weighted by Crippen LogP contribution is -2.16. The Morgan fingerprint density at radius 3 is 2.55 bits per heavy atom. The highest BCUT2D eigenvalue weighted by Gasteiger charge is 2.72. The van der Waals surface area contributed by atoms with Crippen LogP contribution in [0.15, 0.2) is 0 Å². The summed E-state index contributed by atoms with van der Waals surface area (Å²) in [7, 11) is 0. The maximum absolute atomic E-state index is 8.72. The van der Waals surface area contributed by atoms with E-state index in [-0.39, 0.29) is 6.61 Å². The van der Waals surface area contributed by atoms with Gasteiger partial charge in [0.2, 0.25) is 0 Å². The van der Waals surface area contributed by atoms with Crippen molar-refractivity contribution in [3.63, 3.8) is 0 Å². The molecule has 2 nitrogen and oxygen atoms in total. The monoisotopic (exact) mass is 156 g/mol. The van der Waals surface area contributed by atoms with Gasteiger partial charge < -0.3 is 9.84 Å². The SMILES string of the molecule is CC(CO)COC1C2C(C)C12. The second kappa shape index (κ2) is 2.46. The van der Waals surface area contributed by atoms with Crippen molar-refractivity contribution in [2.75, 3.05) is 13.2 Å². The van der Waals surface area contributed by atoms with Gasteiger partial charge in [-0.1, -0.05) is 13.8 Å². The predicted octanol–water partition coefficient (Wildman–Crippen LogP) is 0.896. The lowest BCUT2D eigenvalue weighted by molar-refractivity contribution is 0.0359. The van der Waals surface area contributed by atoms with Gasteiger partial charge in [0.05, 0.1) is 12.7 Å². The predicted molar refractivity (Wildman–Crippen MR) is 42.1 cm³/mol. The molecule has 0 radical (unpaired) electrons. The van der Waals surface area contributed by atoms with Gasteiger partial charge in [0.15, 0.2) is 0 Å². The minimum absolute atomic E-state index is 0.248. The Hall–Kier alpha value is -0.0800. The number of hydrogen-bond acceptors (Lipinski definition) is 2. The van der Waals surface area contributed by atoms with E-state index in [1.807, 2.05) is 6.92 Å². The molecule has 0 aromatic heterocycles. The minimum Gasteiger partial charge on any atom is -0.396 e. The maximum Gasteiger partial charge on any atom is 0.0644 e. The van der Waals surface area contributed by atoms with Gasteiger partial charge in [0.1, 0.15) is 0 Å². The second-order valence-corrected chi connectivity index (χ2v) is 4.10. The van der Waals surface area contributed by atoms with Gasteiger partial charge in [-0.3, -0.25) is 0 Å². The van der Waals surface area contributed by atoms with Crippen LogP contribution in [0, 0.1) is 23.7 Å². The van der Waals surface area contributed by atoms with Crippen molar-refractivity contribution < 1.29 is 9.84 Å². The van der Waals surface area contributed by atoms with Crippen LogP contribution in [0.3, 0.4) is 0 Å². The zero-order valence-electron chi connectivity index (χ0n) is 7.16. The molecule has 2 aliphatic rings. The van der Waals surface area contributed by atoms with Gasteiger partial charge in [-0.2, -0.15) is 0 Å². The molecule has 0 amide bonds. The number of fused-ring (bicyclic) bond motifs is 1. The van der Waals surface area contributed by atoms with Crippen molar-refractivity contribution in [3.8, 4) is 0 Å². The first-order valence-corrected chi connectivity index (χ1v) is 4.48. The van der Waals surface area contributed by atoms with Gasteiger partial charge in [-0.25, -0.2) is 0 Å². The van der Waals surface area contributed by atoms with Crippen LogP contribution in [0.25, 0.3) is 0 Å². The Morgan fingerprint density at radius 1 is 1.45 bits per heavy atom. The molecule has 2 fully saturated rings. The van der Waals surface area contributed by atoms with Crippen molar-refractivity contribution in [2.24, 2.45) is 23.7 Å². The third-order valence-electron chi connectivity index (χ3n) is 3.02. The van der Waals surface area contributed by atoms with Crippen LogP contribution in [0.2, 0.25) is 0 Å². The number of hydrogen-bond donors (Lipinski definition) is 1. The summed E-state index contributed by atoms with van der Waals surface area (Å²) in [4.78, 5) is 0. The molecule has 0 aromatic carbocycles. The van der Waals surface area contributed by atoms with Crippen LogP contribution < -0.4 is 0 Å². The molecule has 2 heteroatoms. The van der Waals surface area contributed by atoms with Crippen LogP contribution >= 0.6 is 0 Å². The fraction of sp³-hybridized carbons (Fsp3) is 1.00. The van der Waals surface area contributed by atoms with Crippen LogP contribution in [-0.2, 0) is 4.74 Å². The summed E-state index contributed by atoms with van der Waals surface area (Å²) >= 11 is 0. The van der Waals surface area contributed by atoms with Gasteiger partial charge >= 0.3 is 0 Å². The van der Waals surface area contributed by atoms with Crippen molar-refractivity contribution in [2.45, 2.75) is 20.0 Å². The summed E-state index contributed by atoms with van der Waals surface area (Å²) < 4.78 is 5.58. The summed E-state index contributed by atoms with van der Waals surface area (Å²) in [6.45, 7) is 5.28. The van der Waals surface area contributed by atoms with E-state index in [0.29, 0.717) is 12.0 Å². The molecule has 0 heterocycles. The summed E-state index contributed by atoms with van der Waals surface area (Å²) in [6.07, 6.45) is 0.569. The topological polar surface area (TPSA) is 29.5 Å². The Balaban J connectivity index is 1.57. The highest BCUT2D eigenvalue weighted by atomic mass is 16.5. The van der Waals surface area contributed by atoms with E-state index >= 15 is 0 Å². The van der Waals surface area contributed by atoms with Crippen molar-refractivity contribution in [1.82, 2.24) is 0 Å². The van der Waals surface area contributed by atoms with Crippen molar-refractivity contribution in [3.05, 3.63) is 0 Å². The molecule has 2 saturated carbocycles. The van der Waals surface area contributed by atoms with E-state index in [1.165, 1.54) is 0 Å². The van der Waals surface area contributed by atoms with Crippen molar-refractivity contribution in [1.29, 1.82) is 0 Å². The largest absolute Gasteiger partial charge is 0.396 e. The molecular formula is C9H16O2. The fourth-order valence-electron chi connectivity index (χ4n) is 1.86. The van der Waals surface area contributed by atoms with Gasteiger partial charge in [0.25, 0.3) is 0 Å². The van der Waals surface area contributed by atoms with E-state index < -0.39 is 0 Å². The maximum atomic E-state index is 8.72. The van der Waals surface area contributed by atoms with Crippen molar-refractivity contribution >= 4 is 0 Å². The standard InChI is InChI=1S/C9H16O2/c1-5(3-10)4-11-9-7-6(2)8(7)9/h5-10H,3-4H2,1-2H3. The fourth-order valence-corrected chi connectivity index (χ4v) is 1.86. The average Bonchev–Trinajstić information content (AvgIpc) is 2.87. The molecule has 0 spiro atoms. The Morgan fingerprint density at radius 2 is 2.09 bits per heavy atom. The molecule has 1 N–H and O–H groups in total. The molecule has 0 aromatic rings. The summed E-state index contributed by atoms with van der Waals surface area (Å²) in [6, 6.07) is 0. The Bertz CT molecular complexity index is 148. The van der Waals surface area contributed by atoms with E-state index in [4.69, 9.17) is 9.84 Å². The second-order valence-electron chi connectivity index (χ2n) is 4.10. The molecular weight excluding hydrogens is 140 g/mol. The molecule has 11 heavy (non-hydrogen) atoms. The first kappa shape index (κ1) is 7.56. The van der Waals surface area contributed by atoms with Gasteiger partial charge in [0, 0.05) is 12.5 Å². The highest BCUT2D eigenvalue weighted by molar-refractivity contribution is 5.19. The van der Waals surface area contributed by atoms with E-state index in [9.17, 15) is 0 Å². The van der Waals surface area contributed by atoms with E-state index in [0.717, 1.165) is 24.4 Å². The number of aliphatic hydroxyl groups excluding tert-OH is 1. The first-order chi connectivity index (χ1) is 5.25. The molecule has 3 unspecified atom stereocenters. The lowest BCUT2D eigenvalue weighted by Gasteiger charge is -2.12. The Kier molecular flexibility index (Phi) is 1.69. The van der Waals surface area contributed by atoms with Crippen LogP contribution in [0.4, 0.5) is 0 Å². The van der Waals surface area contributed by atoms with Gasteiger partial charge in [-0.05, 0) is 17.8 Å². The molecule has 0 saturated heterocycles. The van der Waals surface area contributed by atoms with Crippen LogP contribution in [0.1, 0.15) is 13.8 Å². The molecule has 0 bridgehead atoms. The minimum atomic E-state index is 0.248. The number of ether oxygens (including phenoxy) is 1. The highest BCUT2D eigenvalue weighted by Crippen LogP contribution is 2.69. The number of aliphatic hydroxyl groups is 1.